The molecule has 0 aliphatic carbocycles. The van der Waals surface area contributed by atoms with E-state index in [0.717, 1.165) is 36.3 Å². The average molecular weight is 707 g/mol. The normalized spacial score (nSPS) is 16.7. The standard InChI is InChI=1S/C28H24F6IN3O4/c1-15(36-25(40)27(42-2,28(32,33)34)16-6-4-3-5-7-16)26(41)13-38(14-26)24(39)18-9-10-19(29)22(31)23(18)37-21-11-8-17(35)12-20(21)30/h3-12,15,37,41H,13-14H2,1-2H3,(H,36,40)/t15-,27-/m1/s1. The van der Waals surface area contributed by atoms with Crippen molar-refractivity contribution in [1.82, 2.24) is 10.2 Å². The number of anilines is 2. The van der Waals surface area contributed by atoms with Gasteiger partial charge in [0.05, 0.1) is 36.1 Å². The summed E-state index contributed by atoms with van der Waals surface area (Å²) in [6.07, 6.45) is -5.18. The molecule has 224 valence electrons. The number of hydrogen-bond acceptors (Lipinski definition) is 5. The molecule has 3 aromatic carbocycles. The molecule has 1 aliphatic rings. The van der Waals surface area contributed by atoms with Crippen molar-refractivity contribution < 1.29 is 45.8 Å². The lowest BCUT2D eigenvalue weighted by molar-refractivity contribution is -0.266. The maximum atomic E-state index is 14.8. The first-order valence-electron chi connectivity index (χ1n) is 12.3. The lowest BCUT2D eigenvalue weighted by Crippen LogP contribution is -2.72. The molecular weight excluding hydrogens is 683 g/mol. The Labute approximate surface area is 250 Å². The van der Waals surface area contributed by atoms with Crippen LogP contribution in [-0.4, -0.2) is 59.8 Å². The maximum Gasteiger partial charge on any atom is 0.430 e. The number of carbonyl (C=O) groups excluding carboxylic acids is 2. The molecule has 3 N–H and O–H groups in total. The molecule has 42 heavy (non-hydrogen) atoms. The summed E-state index contributed by atoms with van der Waals surface area (Å²) >= 11 is 1.86. The SMILES string of the molecule is CO[C@@](C(=O)N[C@H](C)C1(O)CN(C(=O)c2ccc(F)c(F)c2Nc2ccc(I)cc2F)C1)(c1ccccc1)C(F)(F)F. The highest BCUT2D eigenvalue weighted by atomic mass is 127. The van der Waals surface area contributed by atoms with Crippen LogP contribution in [-0.2, 0) is 15.1 Å². The van der Waals surface area contributed by atoms with Gasteiger partial charge in [0, 0.05) is 16.2 Å². The minimum Gasteiger partial charge on any atom is -0.384 e. The lowest BCUT2D eigenvalue weighted by Gasteiger charge is -2.50. The van der Waals surface area contributed by atoms with Crippen molar-refractivity contribution >= 4 is 45.8 Å². The van der Waals surface area contributed by atoms with E-state index in [1.165, 1.54) is 37.3 Å². The molecule has 2 atom stereocenters. The second-order valence-electron chi connectivity index (χ2n) is 9.74. The van der Waals surface area contributed by atoms with Crippen LogP contribution < -0.4 is 10.6 Å². The highest BCUT2D eigenvalue weighted by Gasteiger charge is 2.63. The second kappa shape index (κ2) is 11.7. The van der Waals surface area contributed by atoms with Crippen LogP contribution >= 0.6 is 22.6 Å². The predicted octanol–water partition coefficient (Wildman–Crippen LogP) is 5.25. The molecule has 3 aromatic rings. The molecule has 0 aromatic heterocycles. The summed E-state index contributed by atoms with van der Waals surface area (Å²) in [5, 5.41) is 15.6. The van der Waals surface area contributed by atoms with Crippen molar-refractivity contribution in [2.45, 2.75) is 30.3 Å². The number of β-amino-alcohol motifs (C(OH)–C–C–N with tert-alkyl or cyclic N) is 1. The summed E-state index contributed by atoms with van der Waals surface area (Å²) in [7, 11) is 0.735. The quantitative estimate of drug-likeness (QED) is 0.220. The van der Waals surface area contributed by atoms with Gasteiger partial charge in [-0.2, -0.15) is 13.2 Å². The fraction of sp³-hybridized carbons (Fsp3) is 0.286. The minimum atomic E-state index is -5.18. The van der Waals surface area contributed by atoms with Crippen molar-refractivity contribution in [3.8, 4) is 0 Å². The number of benzene rings is 3. The van der Waals surface area contributed by atoms with Gasteiger partial charge in [0.15, 0.2) is 11.6 Å². The van der Waals surface area contributed by atoms with E-state index in [0.29, 0.717) is 9.64 Å². The Hall–Kier alpha value is -3.37. The molecule has 1 saturated heterocycles. The Morgan fingerprint density at radius 1 is 1.02 bits per heavy atom. The monoisotopic (exact) mass is 707 g/mol. The molecule has 1 fully saturated rings. The number of nitrogens with zero attached hydrogens (tertiary/aromatic N) is 1. The third-order valence-electron chi connectivity index (χ3n) is 7.09. The molecule has 0 radical (unpaired) electrons. The maximum absolute atomic E-state index is 14.8. The third-order valence-corrected chi connectivity index (χ3v) is 7.76. The third kappa shape index (κ3) is 5.66. The van der Waals surface area contributed by atoms with Crippen LogP contribution in [0.15, 0.2) is 60.7 Å². The molecule has 7 nitrogen and oxygen atoms in total. The molecule has 1 aliphatic heterocycles. The summed E-state index contributed by atoms with van der Waals surface area (Å²) in [5.74, 6) is -5.99. The van der Waals surface area contributed by atoms with Crippen molar-refractivity contribution in [3.05, 3.63) is 92.8 Å². The summed E-state index contributed by atoms with van der Waals surface area (Å²) < 4.78 is 91.2. The number of aliphatic hydroxyl groups is 1. The molecule has 4 rings (SSSR count). The van der Waals surface area contributed by atoms with E-state index in [1.807, 2.05) is 22.6 Å². The predicted molar refractivity (Wildman–Crippen MR) is 148 cm³/mol. The first-order valence-corrected chi connectivity index (χ1v) is 13.4. The molecule has 0 unspecified atom stereocenters. The van der Waals surface area contributed by atoms with Gasteiger partial charge in [0.2, 0.25) is 0 Å². The van der Waals surface area contributed by atoms with E-state index in [2.05, 4.69) is 10.6 Å². The first-order chi connectivity index (χ1) is 19.6. The molecular formula is C28H24F6IN3O4. The number of hydrogen-bond donors (Lipinski definition) is 3. The zero-order valence-corrected chi connectivity index (χ0v) is 24.2. The number of likely N-dealkylation sites (tertiary alicyclic amines) is 1. The van der Waals surface area contributed by atoms with Crippen LogP contribution in [0.1, 0.15) is 22.8 Å². The van der Waals surface area contributed by atoms with Gasteiger partial charge in [-0.15, -0.1) is 0 Å². The van der Waals surface area contributed by atoms with Gasteiger partial charge in [-0.05, 0) is 59.8 Å². The van der Waals surface area contributed by atoms with Crippen molar-refractivity contribution in [1.29, 1.82) is 0 Å². The Morgan fingerprint density at radius 2 is 1.67 bits per heavy atom. The number of rotatable bonds is 8. The molecule has 14 heteroatoms. The Morgan fingerprint density at radius 3 is 2.24 bits per heavy atom. The number of nitrogens with one attached hydrogen (secondary N) is 2. The van der Waals surface area contributed by atoms with Crippen LogP contribution in [0.4, 0.5) is 37.7 Å². The fourth-order valence-corrected chi connectivity index (χ4v) is 5.09. The number of ether oxygens (including phenoxy) is 1. The van der Waals surface area contributed by atoms with Gasteiger partial charge in [-0.25, -0.2) is 13.2 Å². The minimum absolute atomic E-state index is 0.227. The van der Waals surface area contributed by atoms with E-state index < -0.39 is 77.0 Å². The van der Waals surface area contributed by atoms with Crippen LogP contribution in [0.3, 0.4) is 0 Å². The summed E-state index contributed by atoms with van der Waals surface area (Å²) in [5.41, 5.74) is -6.99. The zero-order valence-electron chi connectivity index (χ0n) is 22.0. The Balaban J connectivity index is 1.53. The van der Waals surface area contributed by atoms with Crippen molar-refractivity contribution in [2.75, 3.05) is 25.5 Å². The largest absolute Gasteiger partial charge is 0.430 e. The zero-order chi connectivity index (χ0) is 31.0. The van der Waals surface area contributed by atoms with E-state index in [4.69, 9.17) is 4.74 Å². The number of alkyl halides is 3. The molecule has 1 heterocycles. The van der Waals surface area contributed by atoms with Crippen LogP contribution in [0.5, 0.6) is 0 Å². The summed E-state index contributed by atoms with van der Waals surface area (Å²) in [4.78, 5) is 27.3. The van der Waals surface area contributed by atoms with Gasteiger partial charge in [-0.1, -0.05) is 30.3 Å². The highest BCUT2D eigenvalue weighted by molar-refractivity contribution is 14.1. The van der Waals surface area contributed by atoms with Crippen molar-refractivity contribution in [2.24, 2.45) is 0 Å². The average Bonchev–Trinajstić information content (AvgIpc) is 2.91. The van der Waals surface area contributed by atoms with Crippen molar-refractivity contribution in [3.63, 3.8) is 0 Å². The first kappa shape index (κ1) is 31.6. The fourth-order valence-electron chi connectivity index (χ4n) is 4.63. The van der Waals surface area contributed by atoms with Gasteiger partial charge in [-0.3, -0.25) is 9.59 Å². The summed E-state index contributed by atoms with van der Waals surface area (Å²) in [6.45, 7) is 0.313. The Kier molecular flexibility index (Phi) is 8.81. The number of methoxy groups -OCH3 is 1. The van der Waals surface area contributed by atoms with Gasteiger partial charge >= 0.3 is 6.18 Å². The van der Waals surface area contributed by atoms with Crippen LogP contribution in [0, 0.1) is 21.0 Å². The van der Waals surface area contributed by atoms with Gasteiger partial charge < -0.3 is 25.4 Å². The molecule has 0 saturated carbocycles. The van der Waals surface area contributed by atoms with E-state index in [1.54, 1.807) is 0 Å². The number of amides is 2. The topological polar surface area (TPSA) is 90.9 Å². The number of carbonyl (C=O) groups is 2. The molecule has 2 amide bonds. The van der Waals surface area contributed by atoms with Gasteiger partial charge in [0.1, 0.15) is 11.4 Å². The van der Waals surface area contributed by atoms with E-state index in [9.17, 15) is 41.0 Å². The lowest BCUT2D eigenvalue weighted by atomic mass is 9.84. The smallest absolute Gasteiger partial charge is 0.384 e. The number of halogens is 7. The second-order valence-corrected chi connectivity index (χ2v) is 11.0. The summed E-state index contributed by atoms with van der Waals surface area (Å²) in [6, 6.07) is 10.5. The molecule has 0 bridgehead atoms. The molecule has 0 spiro atoms. The van der Waals surface area contributed by atoms with Gasteiger partial charge in [0.25, 0.3) is 17.4 Å². The van der Waals surface area contributed by atoms with Crippen LogP contribution in [0.2, 0.25) is 0 Å². The van der Waals surface area contributed by atoms with E-state index >= 15 is 0 Å². The van der Waals surface area contributed by atoms with E-state index in [-0.39, 0.29) is 11.3 Å². The Bertz CT molecular complexity index is 1500. The van der Waals surface area contributed by atoms with Crippen LogP contribution in [0.25, 0.3) is 0 Å². The highest BCUT2D eigenvalue weighted by Crippen LogP contribution is 2.42.